The minimum Gasteiger partial charge on any atom is -0.436 e. The van der Waals surface area contributed by atoms with Gasteiger partial charge in [0.1, 0.15) is 5.52 Å². The fourth-order valence-corrected chi connectivity index (χ4v) is 2.83. The van der Waals surface area contributed by atoms with E-state index in [-0.39, 0.29) is 0 Å². The summed E-state index contributed by atoms with van der Waals surface area (Å²) in [5.74, 6) is 0.558. The number of nitrogens with zero attached hydrogens (tertiary/aromatic N) is 1. The van der Waals surface area contributed by atoms with E-state index in [2.05, 4.69) is 43.5 Å². The van der Waals surface area contributed by atoms with Crippen LogP contribution in [-0.2, 0) is 0 Å². The number of oxazole rings is 1. The Hall–Kier alpha value is -0.790. The zero-order valence-corrected chi connectivity index (χ0v) is 14.0. The molecule has 96 valence electrons. The Kier molecular flexibility index (Phi) is 3.44. The highest BCUT2D eigenvalue weighted by atomic mass is 127. The summed E-state index contributed by atoms with van der Waals surface area (Å²) in [6.45, 7) is 0. The highest BCUT2D eigenvalue weighted by Gasteiger charge is 2.13. The van der Waals surface area contributed by atoms with Gasteiger partial charge in [-0.3, -0.25) is 0 Å². The second-order valence-corrected chi connectivity index (χ2v) is 6.47. The molecule has 0 aliphatic heterocycles. The van der Waals surface area contributed by atoms with Gasteiger partial charge in [0.15, 0.2) is 5.58 Å². The van der Waals surface area contributed by atoms with Crippen LogP contribution in [-0.4, -0.2) is 4.98 Å². The Morgan fingerprint density at radius 2 is 2.05 bits per heavy atom. The lowest BCUT2D eigenvalue weighted by atomic mass is 10.2. The highest BCUT2D eigenvalue weighted by molar-refractivity contribution is 14.1. The van der Waals surface area contributed by atoms with Crippen LogP contribution in [0.25, 0.3) is 22.6 Å². The second-order valence-electron chi connectivity index (χ2n) is 3.98. The number of benzene rings is 2. The van der Waals surface area contributed by atoms with Crippen molar-refractivity contribution in [2.45, 2.75) is 0 Å². The quantitative estimate of drug-likeness (QED) is 0.416. The van der Waals surface area contributed by atoms with Crippen molar-refractivity contribution < 1.29 is 4.42 Å². The van der Waals surface area contributed by atoms with Crippen molar-refractivity contribution >= 4 is 66.9 Å². The maximum atomic E-state index is 5.98. The third-order valence-electron chi connectivity index (χ3n) is 2.67. The predicted molar refractivity (Wildman–Crippen MR) is 89.3 cm³/mol. The van der Waals surface area contributed by atoms with Crippen molar-refractivity contribution in [3.8, 4) is 11.5 Å². The monoisotopic (exact) mass is 448 g/mol. The second kappa shape index (κ2) is 4.96. The Labute approximate surface area is 136 Å². The number of aromatic nitrogens is 1. The number of nitrogens with two attached hydrogens (primary N) is 1. The summed E-state index contributed by atoms with van der Waals surface area (Å²) in [6.07, 6.45) is 0. The summed E-state index contributed by atoms with van der Waals surface area (Å²) in [5, 5.41) is 0.483. The molecule has 0 saturated carbocycles. The number of nitrogen functional groups attached to an aromatic ring is 1. The van der Waals surface area contributed by atoms with Gasteiger partial charge in [0.2, 0.25) is 5.89 Å². The molecule has 3 aromatic rings. The van der Waals surface area contributed by atoms with Crippen LogP contribution in [0.4, 0.5) is 5.69 Å². The van der Waals surface area contributed by atoms with Crippen LogP contribution in [0.1, 0.15) is 0 Å². The van der Waals surface area contributed by atoms with Crippen molar-refractivity contribution in [2.24, 2.45) is 0 Å². The molecule has 0 aliphatic rings. The van der Waals surface area contributed by atoms with E-state index in [1.165, 1.54) is 0 Å². The molecule has 3 rings (SSSR count). The molecule has 0 spiro atoms. The molecule has 0 fully saturated rings. The molecule has 1 aromatic heterocycles. The van der Waals surface area contributed by atoms with Crippen LogP contribution in [0.15, 0.2) is 39.2 Å². The molecule has 0 amide bonds. The van der Waals surface area contributed by atoms with Crippen molar-refractivity contribution in [1.82, 2.24) is 4.98 Å². The van der Waals surface area contributed by atoms with Crippen LogP contribution in [0.3, 0.4) is 0 Å². The normalized spacial score (nSPS) is 11.1. The van der Waals surface area contributed by atoms with Gasteiger partial charge in [0, 0.05) is 14.1 Å². The molecule has 0 unspecified atom stereocenters. The van der Waals surface area contributed by atoms with Gasteiger partial charge in [-0.15, -0.1) is 0 Å². The first-order valence-corrected chi connectivity index (χ1v) is 7.60. The fraction of sp³-hybridized carbons (Fsp3) is 0. The molecule has 0 radical (unpaired) electrons. The van der Waals surface area contributed by atoms with E-state index in [4.69, 9.17) is 21.8 Å². The topological polar surface area (TPSA) is 52.0 Å². The van der Waals surface area contributed by atoms with Gasteiger partial charge in [0.25, 0.3) is 0 Å². The molecule has 1 heterocycles. The van der Waals surface area contributed by atoms with Crippen LogP contribution < -0.4 is 5.73 Å². The van der Waals surface area contributed by atoms with Crippen molar-refractivity contribution in [1.29, 1.82) is 0 Å². The first-order chi connectivity index (χ1) is 9.04. The summed E-state index contributed by atoms with van der Waals surface area (Å²) in [4.78, 5) is 4.45. The highest BCUT2D eigenvalue weighted by Crippen LogP contribution is 2.32. The molecule has 2 N–H and O–H groups in total. The lowest BCUT2D eigenvalue weighted by molar-refractivity contribution is 0.619. The van der Waals surface area contributed by atoms with E-state index in [1.54, 1.807) is 12.1 Å². The van der Waals surface area contributed by atoms with Gasteiger partial charge in [-0.1, -0.05) is 27.5 Å². The van der Waals surface area contributed by atoms with Crippen LogP contribution in [0, 0.1) is 3.57 Å². The Balaban J connectivity index is 2.23. The maximum absolute atomic E-state index is 5.98. The van der Waals surface area contributed by atoms with Gasteiger partial charge in [-0.25, -0.2) is 4.98 Å². The molecular formula is C13H7BrClIN2O. The summed E-state index contributed by atoms with van der Waals surface area (Å²) in [6, 6.07) is 9.35. The number of fused-ring (bicyclic) bond motifs is 1. The van der Waals surface area contributed by atoms with Gasteiger partial charge in [-0.05, 0) is 46.9 Å². The molecule has 2 aromatic carbocycles. The minimum absolute atomic E-state index is 0.483. The van der Waals surface area contributed by atoms with E-state index >= 15 is 0 Å². The van der Waals surface area contributed by atoms with Crippen LogP contribution in [0.2, 0.25) is 5.02 Å². The van der Waals surface area contributed by atoms with E-state index in [0.717, 1.165) is 13.6 Å². The SMILES string of the molecule is Nc1cc2oc(-c3cc(Br)ccc3I)nc2cc1Cl. The molecule has 19 heavy (non-hydrogen) atoms. The Morgan fingerprint density at radius 1 is 1.26 bits per heavy atom. The first-order valence-electron chi connectivity index (χ1n) is 5.35. The summed E-state index contributed by atoms with van der Waals surface area (Å²) in [7, 11) is 0. The molecule has 0 atom stereocenters. The molecule has 0 saturated heterocycles. The van der Waals surface area contributed by atoms with E-state index in [9.17, 15) is 0 Å². The lowest BCUT2D eigenvalue weighted by Crippen LogP contribution is -1.84. The molecule has 6 heteroatoms. The average Bonchev–Trinajstić information content (AvgIpc) is 2.75. The van der Waals surface area contributed by atoms with E-state index in [1.807, 2.05) is 18.2 Å². The number of halogens is 3. The third kappa shape index (κ3) is 2.46. The number of hydrogen-bond acceptors (Lipinski definition) is 3. The van der Waals surface area contributed by atoms with Crippen molar-refractivity contribution in [3.63, 3.8) is 0 Å². The molecular weight excluding hydrogens is 442 g/mol. The van der Waals surface area contributed by atoms with Crippen molar-refractivity contribution in [3.05, 3.63) is 43.4 Å². The minimum atomic E-state index is 0.483. The molecule has 0 bridgehead atoms. The Bertz CT molecular complexity index is 749. The van der Waals surface area contributed by atoms with E-state index < -0.39 is 0 Å². The largest absolute Gasteiger partial charge is 0.436 e. The first kappa shape index (κ1) is 13.2. The molecule has 3 nitrogen and oxygen atoms in total. The average molecular weight is 449 g/mol. The number of hydrogen-bond donors (Lipinski definition) is 1. The fourth-order valence-electron chi connectivity index (χ4n) is 1.74. The van der Waals surface area contributed by atoms with Gasteiger partial charge < -0.3 is 10.2 Å². The van der Waals surface area contributed by atoms with Crippen molar-refractivity contribution in [2.75, 3.05) is 5.73 Å². The van der Waals surface area contributed by atoms with Crippen LogP contribution >= 0.6 is 50.1 Å². The molecule has 0 aliphatic carbocycles. The predicted octanol–water partition coefficient (Wildman–Crippen LogP) is 5.10. The third-order valence-corrected chi connectivity index (χ3v) is 4.43. The summed E-state index contributed by atoms with van der Waals surface area (Å²) in [5.41, 5.74) is 8.51. The van der Waals surface area contributed by atoms with Gasteiger partial charge >= 0.3 is 0 Å². The summed E-state index contributed by atoms with van der Waals surface area (Å²) < 4.78 is 7.79. The number of anilines is 1. The summed E-state index contributed by atoms with van der Waals surface area (Å²) >= 11 is 11.7. The standard InChI is InChI=1S/C13H7BrClIN2O/c14-6-1-2-9(16)7(3-6)13-18-11-4-8(15)10(17)5-12(11)19-13/h1-5H,17H2. The zero-order valence-electron chi connectivity index (χ0n) is 9.45. The lowest BCUT2D eigenvalue weighted by Gasteiger charge is -1.99. The van der Waals surface area contributed by atoms with Gasteiger partial charge in [-0.2, -0.15) is 0 Å². The number of rotatable bonds is 1. The maximum Gasteiger partial charge on any atom is 0.228 e. The van der Waals surface area contributed by atoms with Crippen LogP contribution in [0.5, 0.6) is 0 Å². The Morgan fingerprint density at radius 3 is 2.84 bits per heavy atom. The van der Waals surface area contributed by atoms with Gasteiger partial charge in [0.05, 0.1) is 16.3 Å². The van der Waals surface area contributed by atoms with E-state index in [0.29, 0.717) is 27.7 Å². The smallest absolute Gasteiger partial charge is 0.228 e. The zero-order chi connectivity index (χ0) is 13.6.